The van der Waals surface area contributed by atoms with E-state index in [1.807, 2.05) is 30.3 Å². The van der Waals surface area contributed by atoms with E-state index in [-0.39, 0.29) is 0 Å². The molecule has 0 fully saturated rings. The minimum absolute atomic E-state index is 0.334. The van der Waals surface area contributed by atoms with Crippen molar-refractivity contribution in [2.45, 2.75) is 12.6 Å². The highest BCUT2D eigenvalue weighted by molar-refractivity contribution is 6.03. The van der Waals surface area contributed by atoms with Crippen molar-refractivity contribution in [3.05, 3.63) is 65.5 Å². The number of aliphatic hydroxyl groups excluding tert-OH is 1. The van der Waals surface area contributed by atoms with Crippen LogP contribution in [0.1, 0.15) is 17.2 Å². The van der Waals surface area contributed by atoms with Gasteiger partial charge < -0.3 is 10.0 Å². The first-order chi connectivity index (χ1) is 9.16. The summed E-state index contributed by atoms with van der Waals surface area (Å²) in [7, 11) is 0. The van der Waals surface area contributed by atoms with E-state index >= 15 is 0 Å². The van der Waals surface area contributed by atoms with E-state index in [4.69, 9.17) is 0 Å². The first-order valence-electron chi connectivity index (χ1n) is 5.99. The lowest BCUT2D eigenvalue weighted by Crippen LogP contribution is -2.28. The Kier molecular flexibility index (Phi) is 2.80. The van der Waals surface area contributed by atoms with Crippen molar-refractivity contribution < 1.29 is 14.3 Å². The molecule has 0 saturated carbocycles. The summed E-state index contributed by atoms with van der Waals surface area (Å²) in [5, 5.41) is 9.86. The minimum Gasteiger partial charge on any atom is -0.378 e. The Labute approximate surface area is 109 Å². The van der Waals surface area contributed by atoms with Crippen LogP contribution < -0.4 is 4.90 Å². The number of fused-ring (bicyclic) bond motifs is 1. The molecule has 0 bridgehead atoms. The van der Waals surface area contributed by atoms with Gasteiger partial charge in [0.15, 0.2) is 6.10 Å². The van der Waals surface area contributed by atoms with Gasteiger partial charge in [-0.2, -0.15) is 0 Å². The van der Waals surface area contributed by atoms with Crippen LogP contribution in [0.15, 0.2) is 48.5 Å². The average molecular weight is 257 g/mol. The molecule has 1 N–H and O–H groups in total. The van der Waals surface area contributed by atoms with Crippen molar-refractivity contribution in [3.8, 4) is 0 Å². The summed E-state index contributed by atoms with van der Waals surface area (Å²) < 4.78 is 13.2. The van der Waals surface area contributed by atoms with Crippen LogP contribution in [-0.4, -0.2) is 11.0 Å². The topological polar surface area (TPSA) is 40.5 Å². The molecule has 19 heavy (non-hydrogen) atoms. The second kappa shape index (κ2) is 4.48. The molecular weight excluding hydrogens is 245 g/mol. The van der Waals surface area contributed by atoms with Gasteiger partial charge in [0, 0.05) is 5.56 Å². The largest absolute Gasteiger partial charge is 0.378 e. The molecule has 2 aromatic rings. The number of carbonyl (C=O) groups is 1. The summed E-state index contributed by atoms with van der Waals surface area (Å²) in [4.78, 5) is 13.5. The molecule has 1 aliphatic rings. The fraction of sp³-hybridized carbons (Fsp3) is 0.133. The average Bonchev–Trinajstić information content (AvgIpc) is 2.65. The number of hydrogen-bond acceptors (Lipinski definition) is 2. The predicted octanol–water partition coefficient (Wildman–Crippen LogP) is 2.41. The lowest BCUT2D eigenvalue weighted by Gasteiger charge is -2.17. The van der Waals surface area contributed by atoms with Gasteiger partial charge in [0.2, 0.25) is 0 Å². The Morgan fingerprint density at radius 3 is 2.63 bits per heavy atom. The van der Waals surface area contributed by atoms with E-state index in [0.29, 0.717) is 17.8 Å². The number of amides is 1. The fourth-order valence-electron chi connectivity index (χ4n) is 2.32. The van der Waals surface area contributed by atoms with Gasteiger partial charge in [-0.05, 0) is 23.8 Å². The van der Waals surface area contributed by atoms with Crippen molar-refractivity contribution in [2.24, 2.45) is 0 Å². The molecule has 0 aromatic heterocycles. The van der Waals surface area contributed by atoms with Gasteiger partial charge in [0.1, 0.15) is 5.82 Å². The van der Waals surface area contributed by atoms with E-state index in [1.165, 1.54) is 23.1 Å². The molecule has 2 aromatic carbocycles. The molecule has 3 nitrogen and oxygen atoms in total. The van der Waals surface area contributed by atoms with Gasteiger partial charge in [-0.1, -0.05) is 30.3 Å². The molecule has 1 aliphatic heterocycles. The Bertz CT molecular complexity index is 627. The maximum atomic E-state index is 13.2. The summed E-state index contributed by atoms with van der Waals surface area (Å²) in [5.74, 6) is -0.864. The molecule has 1 amide bonds. The van der Waals surface area contributed by atoms with Crippen molar-refractivity contribution in [2.75, 3.05) is 4.90 Å². The van der Waals surface area contributed by atoms with Crippen LogP contribution in [0.3, 0.4) is 0 Å². The molecule has 0 saturated heterocycles. The van der Waals surface area contributed by atoms with Crippen LogP contribution in [0.2, 0.25) is 0 Å². The van der Waals surface area contributed by atoms with Gasteiger partial charge in [0.25, 0.3) is 5.91 Å². The highest BCUT2D eigenvalue weighted by Gasteiger charge is 2.36. The second-order valence-electron chi connectivity index (χ2n) is 4.52. The Morgan fingerprint density at radius 1 is 1.16 bits per heavy atom. The minimum atomic E-state index is -1.27. The number of carbonyl (C=O) groups excluding carboxylic acids is 1. The lowest BCUT2D eigenvalue weighted by atomic mass is 10.1. The van der Waals surface area contributed by atoms with Gasteiger partial charge >= 0.3 is 0 Å². The van der Waals surface area contributed by atoms with Crippen molar-refractivity contribution in [3.63, 3.8) is 0 Å². The third-order valence-electron chi connectivity index (χ3n) is 3.26. The summed E-state index contributed by atoms with van der Waals surface area (Å²) in [5.41, 5.74) is 1.86. The second-order valence-corrected chi connectivity index (χ2v) is 4.52. The molecule has 4 heteroatoms. The van der Waals surface area contributed by atoms with Crippen molar-refractivity contribution in [1.29, 1.82) is 0 Å². The molecule has 1 heterocycles. The van der Waals surface area contributed by atoms with Crippen molar-refractivity contribution >= 4 is 11.6 Å². The van der Waals surface area contributed by atoms with E-state index in [9.17, 15) is 14.3 Å². The SMILES string of the molecule is O=C1C(O)c2cc(F)ccc2N1Cc1ccccc1. The molecule has 3 rings (SSSR count). The van der Waals surface area contributed by atoms with Crippen LogP contribution in [0.5, 0.6) is 0 Å². The van der Waals surface area contributed by atoms with E-state index in [0.717, 1.165) is 5.56 Å². The molecule has 1 unspecified atom stereocenters. The zero-order valence-electron chi connectivity index (χ0n) is 10.1. The zero-order valence-corrected chi connectivity index (χ0v) is 10.1. The zero-order chi connectivity index (χ0) is 13.4. The number of nitrogens with zero attached hydrogens (tertiary/aromatic N) is 1. The normalized spacial score (nSPS) is 17.7. The third-order valence-corrected chi connectivity index (χ3v) is 3.26. The van der Waals surface area contributed by atoms with Crippen molar-refractivity contribution in [1.82, 2.24) is 0 Å². The Morgan fingerprint density at radius 2 is 1.89 bits per heavy atom. The summed E-state index contributed by atoms with van der Waals surface area (Å²) >= 11 is 0. The van der Waals surface area contributed by atoms with Gasteiger partial charge in [-0.15, -0.1) is 0 Å². The highest BCUT2D eigenvalue weighted by atomic mass is 19.1. The molecule has 1 atom stereocenters. The van der Waals surface area contributed by atoms with Gasteiger partial charge in [-0.3, -0.25) is 4.79 Å². The first-order valence-corrected chi connectivity index (χ1v) is 5.99. The third kappa shape index (κ3) is 2.00. The number of anilines is 1. The van der Waals surface area contributed by atoms with Crippen LogP contribution in [0.25, 0.3) is 0 Å². The molecule has 0 spiro atoms. The lowest BCUT2D eigenvalue weighted by molar-refractivity contribution is -0.125. The maximum Gasteiger partial charge on any atom is 0.260 e. The van der Waals surface area contributed by atoms with E-state index in [1.54, 1.807) is 0 Å². The number of rotatable bonds is 2. The van der Waals surface area contributed by atoms with E-state index < -0.39 is 17.8 Å². The summed E-state index contributed by atoms with van der Waals surface area (Å²) in [6.07, 6.45) is -1.27. The predicted molar refractivity (Wildman–Crippen MR) is 69.0 cm³/mol. The molecule has 0 radical (unpaired) electrons. The molecule has 96 valence electrons. The first kappa shape index (κ1) is 11.9. The Hall–Kier alpha value is -2.20. The fourth-order valence-corrected chi connectivity index (χ4v) is 2.32. The number of benzene rings is 2. The highest BCUT2D eigenvalue weighted by Crippen LogP contribution is 2.37. The van der Waals surface area contributed by atoms with Crippen LogP contribution in [-0.2, 0) is 11.3 Å². The quantitative estimate of drug-likeness (QED) is 0.897. The van der Waals surface area contributed by atoms with Gasteiger partial charge in [-0.25, -0.2) is 4.39 Å². The standard InChI is InChI=1S/C15H12FNO2/c16-11-6-7-13-12(8-11)14(18)15(19)17(13)9-10-4-2-1-3-5-10/h1-8,14,18H,9H2. The number of hydrogen-bond donors (Lipinski definition) is 1. The monoisotopic (exact) mass is 257 g/mol. The van der Waals surface area contributed by atoms with Gasteiger partial charge in [0.05, 0.1) is 12.2 Å². The number of aliphatic hydroxyl groups is 1. The summed E-state index contributed by atoms with van der Waals surface area (Å²) in [6.45, 7) is 0.370. The van der Waals surface area contributed by atoms with E-state index in [2.05, 4.69) is 0 Å². The van der Waals surface area contributed by atoms with Crippen LogP contribution >= 0.6 is 0 Å². The van der Waals surface area contributed by atoms with Crippen LogP contribution in [0, 0.1) is 5.82 Å². The summed E-state index contributed by atoms with van der Waals surface area (Å²) in [6, 6.07) is 13.5. The maximum absolute atomic E-state index is 13.2. The smallest absolute Gasteiger partial charge is 0.260 e. The van der Waals surface area contributed by atoms with Crippen LogP contribution in [0.4, 0.5) is 10.1 Å². The number of halogens is 1. The Balaban J connectivity index is 1.98. The molecule has 0 aliphatic carbocycles. The molecular formula is C15H12FNO2.